The number of aromatic nitrogens is 1. The highest BCUT2D eigenvalue weighted by molar-refractivity contribution is 8.01. The summed E-state index contributed by atoms with van der Waals surface area (Å²) in [5, 5.41) is 0.732. The third kappa shape index (κ3) is 2.66. The van der Waals surface area contributed by atoms with E-state index < -0.39 is 0 Å². The van der Waals surface area contributed by atoms with Crippen molar-refractivity contribution in [1.29, 1.82) is 0 Å². The van der Waals surface area contributed by atoms with Crippen LogP contribution in [0.4, 0.5) is 0 Å². The first kappa shape index (κ1) is 12.1. The van der Waals surface area contributed by atoms with E-state index in [1.807, 2.05) is 25.6 Å². The van der Waals surface area contributed by atoms with Crippen LogP contribution in [0, 0.1) is 6.92 Å². The van der Waals surface area contributed by atoms with Crippen LogP contribution in [0.5, 0.6) is 0 Å². The number of thiazole rings is 1. The number of ketones is 1. The Kier molecular flexibility index (Phi) is 4.03. The van der Waals surface area contributed by atoms with Crippen molar-refractivity contribution in [1.82, 2.24) is 4.98 Å². The summed E-state index contributed by atoms with van der Waals surface area (Å²) >= 11 is 3.45. The molecule has 0 unspecified atom stereocenters. The minimum absolute atomic E-state index is 0.230. The van der Waals surface area contributed by atoms with Crippen molar-refractivity contribution in [3.05, 3.63) is 10.6 Å². The predicted molar refractivity (Wildman–Crippen MR) is 69.6 cm³/mol. The molecule has 1 aliphatic rings. The van der Waals surface area contributed by atoms with Gasteiger partial charge in [0.05, 0.1) is 10.6 Å². The lowest BCUT2D eigenvalue weighted by molar-refractivity contribution is 0.0991. The standard InChI is InChI=1S/C12H17NOS2/c1-3-10(14)11-8(2)13-12(16-11)15-9-6-4-5-7-9/h9H,3-7H2,1-2H3. The quantitative estimate of drug-likeness (QED) is 0.759. The van der Waals surface area contributed by atoms with Gasteiger partial charge in [-0.25, -0.2) is 4.98 Å². The molecular formula is C12H17NOS2. The fourth-order valence-electron chi connectivity index (χ4n) is 1.99. The van der Waals surface area contributed by atoms with Crippen LogP contribution >= 0.6 is 23.1 Å². The van der Waals surface area contributed by atoms with E-state index in [0.717, 1.165) is 20.2 Å². The molecule has 0 saturated heterocycles. The Hall–Kier alpha value is -0.350. The number of thioether (sulfide) groups is 1. The summed E-state index contributed by atoms with van der Waals surface area (Å²) in [5.74, 6) is 0.230. The van der Waals surface area contributed by atoms with Gasteiger partial charge >= 0.3 is 0 Å². The number of Topliss-reactive ketones (excluding diaryl/α,β-unsaturated/α-hetero) is 1. The van der Waals surface area contributed by atoms with Crippen molar-refractivity contribution in [2.45, 2.75) is 55.5 Å². The highest BCUT2D eigenvalue weighted by atomic mass is 32.2. The minimum atomic E-state index is 0.230. The number of carbonyl (C=O) groups excluding carboxylic acids is 1. The second-order valence-corrected chi connectivity index (χ2v) is 6.74. The number of carbonyl (C=O) groups is 1. The molecule has 1 aromatic rings. The molecule has 0 atom stereocenters. The lowest BCUT2D eigenvalue weighted by atomic mass is 10.2. The second kappa shape index (κ2) is 5.32. The first-order chi connectivity index (χ1) is 7.70. The Labute approximate surface area is 105 Å². The van der Waals surface area contributed by atoms with Gasteiger partial charge in [0.25, 0.3) is 0 Å². The van der Waals surface area contributed by atoms with E-state index in [2.05, 4.69) is 4.98 Å². The Bertz CT molecular complexity index is 380. The third-order valence-corrected chi connectivity index (χ3v) is 5.55. The van der Waals surface area contributed by atoms with E-state index >= 15 is 0 Å². The highest BCUT2D eigenvalue weighted by Gasteiger charge is 2.20. The zero-order valence-corrected chi connectivity index (χ0v) is 11.4. The molecule has 0 aliphatic heterocycles. The summed E-state index contributed by atoms with van der Waals surface area (Å²) in [4.78, 5) is 17.0. The molecule has 0 spiro atoms. The molecule has 0 bridgehead atoms. The first-order valence-electron chi connectivity index (χ1n) is 5.88. The van der Waals surface area contributed by atoms with Crippen LogP contribution in [-0.2, 0) is 0 Å². The van der Waals surface area contributed by atoms with Crippen molar-refractivity contribution in [3.8, 4) is 0 Å². The summed E-state index contributed by atoms with van der Waals surface area (Å²) in [6, 6.07) is 0. The highest BCUT2D eigenvalue weighted by Crippen LogP contribution is 2.37. The summed E-state index contributed by atoms with van der Waals surface area (Å²) in [5.41, 5.74) is 0.914. The molecule has 0 aromatic carbocycles. The molecular weight excluding hydrogens is 238 g/mol. The molecule has 1 fully saturated rings. The van der Waals surface area contributed by atoms with Gasteiger partial charge in [-0.05, 0) is 19.8 Å². The summed E-state index contributed by atoms with van der Waals surface area (Å²) in [6.07, 6.45) is 5.89. The van der Waals surface area contributed by atoms with Gasteiger partial charge in [-0.15, -0.1) is 11.3 Å². The van der Waals surface area contributed by atoms with E-state index in [9.17, 15) is 4.79 Å². The average molecular weight is 255 g/mol. The molecule has 4 heteroatoms. The van der Waals surface area contributed by atoms with Gasteiger partial charge in [-0.3, -0.25) is 4.79 Å². The zero-order chi connectivity index (χ0) is 11.5. The van der Waals surface area contributed by atoms with E-state index in [1.54, 1.807) is 11.3 Å². The van der Waals surface area contributed by atoms with Crippen LogP contribution in [0.25, 0.3) is 0 Å². The number of aryl methyl sites for hydroxylation is 1. The second-order valence-electron chi connectivity index (χ2n) is 4.20. The summed E-state index contributed by atoms with van der Waals surface area (Å²) < 4.78 is 1.08. The normalized spacial score (nSPS) is 16.9. The topological polar surface area (TPSA) is 30.0 Å². The van der Waals surface area contributed by atoms with Gasteiger partial charge in [-0.1, -0.05) is 31.5 Å². The van der Waals surface area contributed by atoms with E-state index in [4.69, 9.17) is 0 Å². The van der Waals surface area contributed by atoms with Gasteiger partial charge in [0, 0.05) is 11.7 Å². The van der Waals surface area contributed by atoms with Crippen LogP contribution in [0.1, 0.15) is 54.4 Å². The first-order valence-corrected chi connectivity index (χ1v) is 7.57. The Morgan fingerprint density at radius 2 is 2.19 bits per heavy atom. The number of hydrogen-bond acceptors (Lipinski definition) is 4. The average Bonchev–Trinajstić information content (AvgIpc) is 2.88. The van der Waals surface area contributed by atoms with Crippen molar-refractivity contribution in [2.24, 2.45) is 0 Å². The molecule has 1 aliphatic carbocycles. The number of nitrogens with zero attached hydrogens (tertiary/aromatic N) is 1. The maximum atomic E-state index is 11.6. The lowest BCUT2D eigenvalue weighted by Gasteiger charge is -2.03. The molecule has 1 heterocycles. The molecule has 88 valence electrons. The van der Waals surface area contributed by atoms with Crippen LogP contribution in [0.15, 0.2) is 4.34 Å². The van der Waals surface area contributed by atoms with Crippen LogP contribution in [0.3, 0.4) is 0 Å². The molecule has 0 radical (unpaired) electrons. The van der Waals surface area contributed by atoms with E-state index in [-0.39, 0.29) is 5.78 Å². The SMILES string of the molecule is CCC(=O)c1sc(SC2CCCC2)nc1C. The zero-order valence-electron chi connectivity index (χ0n) is 9.78. The lowest BCUT2D eigenvalue weighted by Crippen LogP contribution is -1.94. The third-order valence-electron chi connectivity index (χ3n) is 2.92. The maximum Gasteiger partial charge on any atom is 0.174 e. The Morgan fingerprint density at radius 3 is 2.81 bits per heavy atom. The van der Waals surface area contributed by atoms with Gasteiger partial charge in [0.1, 0.15) is 0 Å². The minimum Gasteiger partial charge on any atom is -0.293 e. The molecule has 0 amide bonds. The smallest absolute Gasteiger partial charge is 0.174 e. The Morgan fingerprint density at radius 1 is 1.50 bits per heavy atom. The van der Waals surface area contributed by atoms with Crippen molar-refractivity contribution < 1.29 is 4.79 Å². The fraction of sp³-hybridized carbons (Fsp3) is 0.667. The van der Waals surface area contributed by atoms with Crippen molar-refractivity contribution >= 4 is 28.9 Å². The summed E-state index contributed by atoms with van der Waals surface area (Å²) in [6.45, 7) is 3.85. The predicted octanol–water partition coefficient (Wildman–Crippen LogP) is 4.08. The monoisotopic (exact) mass is 255 g/mol. The summed E-state index contributed by atoms with van der Waals surface area (Å²) in [7, 11) is 0. The van der Waals surface area contributed by atoms with Gasteiger partial charge in [-0.2, -0.15) is 0 Å². The molecule has 2 nitrogen and oxygen atoms in total. The largest absolute Gasteiger partial charge is 0.293 e. The van der Waals surface area contributed by atoms with Crippen LogP contribution < -0.4 is 0 Å². The fourth-order valence-corrected chi connectivity index (χ4v) is 4.69. The molecule has 1 saturated carbocycles. The number of hydrogen-bond donors (Lipinski definition) is 0. The van der Waals surface area contributed by atoms with E-state index in [1.165, 1.54) is 25.7 Å². The maximum absolute atomic E-state index is 11.6. The van der Waals surface area contributed by atoms with Gasteiger partial charge in [0.2, 0.25) is 0 Å². The Balaban J connectivity index is 2.07. The van der Waals surface area contributed by atoms with E-state index in [0.29, 0.717) is 6.42 Å². The molecule has 16 heavy (non-hydrogen) atoms. The van der Waals surface area contributed by atoms with Gasteiger partial charge < -0.3 is 0 Å². The van der Waals surface area contributed by atoms with Gasteiger partial charge in [0.15, 0.2) is 10.1 Å². The molecule has 1 aromatic heterocycles. The molecule has 2 rings (SSSR count). The van der Waals surface area contributed by atoms with Crippen LogP contribution in [0.2, 0.25) is 0 Å². The molecule has 0 N–H and O–H groups in total. The van der Waals surface area contributed by atoms with Crippen molar-refractivity contribution in [3.63, 3.8) is 0 Å². The van der Waals surface area contributed by atoms with Crippen molar-refractivity contribution in [2.75, 3.05) is 0 Å². The number of rotatable bonds is 4. The van der Waals surface area contributed by atoms with Crippen LogP contribution in [-0.4, -0.2) is 16.0 Å².